The zero-order valence-corrected chi connectivity index (χ0v) is 20.7. The SMILES string of the molecule is COc1ccccc1CCNC(=O)c1c(N)n(-c2cc([N+](=O)[O-])ccc2OC)c2nc3ccccc3nc12. The molecule has 0 fully saturated rings. The molecule has 0 radical (unpaired) electrons. The lowest BCUT2D eigenvalue weighted by molar-refractivity contribution is -0.384. The third-order valence-corrected chi connectivity index (χ3v) is 6.21. The number of non-ortho nitro benzene ring substituents is 1. The van der Waals surface area contributed by atoms with Crippen molar-refractivity contribution in [3.05, 3.63) is 88.0 Å². The summed E-state index contributed by atoms with van der Waals surface area (Å²) in [6.45, 7) is 0.312. The molecule has 0 aliphatic carbocycles. The third kappa shape index (κ3) is 4.30. The number of nitrogens with zero attached hydrogens (tertiary/aromatic N) is 4. The summed E-state index contributed by atoms with van der Waals surface area (Å²) in [6, 6.07) is 18.9. The molecule has 11 heteroatoms. The summed E-state index contributed by atoms with van der Waals surface area (Å²) in [5, 5.41) is 14.4. The third-order valence-electron chi connectivity index (χ3n) is 6.21. The van der Waals surface area contributed by atoms with Crippen molar-refractivity contribution in [3.63, 3.8) is 0 Å². The highest BCUT2D eigenvalue weighted by Crippen LogP contribution is 2.36. The molecule has 0 atom stereocenters. The van der Waals surface area contributed by atoms with E-state index in [1.165, 1.54) is 29.9 Å². The van der Waals surface area contributed by atoms with E-state index < -0.39 is 10.8 Å². The Bertz CT molecular complexity index is 1700. The van der Waals surface area contributed by atoms with Crippen LogP contribution in [0.3, 0.4) is 0 Å². The quantitative estimate of drug-likeness (QED) is 0.234. The molecular weight excluding hydrogens is 488 g/mol. The fourth-order valence-electron chi connectivity index (χ4n) is 4.40. The number of nitrogens with one attached hydrogen (secondary N) is 1. The van der Waals surface area contributed by atoms with E-state index in [9.17, 15) is 14.9 Å². The minimum Gasteiger partial charge on any atom is -0.496 e. The normalized spacial score (nSPS) is 11.0. The molecule has 11 nitrogen and oxygen atoms in total. The molecule has 2 aromatic heterocycles. The molecule has 38 heavy (non-hydrogen) atoms. The van der Waals surface area contributed by atoms with E-state index in [1.54, 1.807) is 19.2 Å². The van der Waals surface area contributed by atoms with Crippen molar-refractivity contribution in [1.29, 1.82) is 0 Å². The molecule has 5 rings (SSSR count). The number of nitrogens with two attached hydrogens (primary N) is 1. The van der Waals surface area contributed by atoms with Gasteiger partial charge in [0.15, 0.2) is 5.65 Å². The van der Waals surface area contributed by atoms with Gasteiger partial charge in [-0.15, -0.1) is 0 Å². The van der Waals surface area contributed by atoms with Gasteiger partial charge in [-0.05, 0) is 36.2 Å². The number of methoxy groups -OCH3 is 2. The minimum absolute atomic E-state index is 0.0314. The second-order valence-electron chi connectivity index (χ2n) is 8.41. The van der Waals surface area contributed by atoms with Gasteiger partial charge in [0.2, 0.25) is 0 Å². The number of benzene rings is 3. The van der Waals surface area contributed by atoms with Gasteiger partial charge in [-0.25, -0.2) is 9.97 Å². The van der Waals surface area contributed by atoms with Crippen LogP contribution in [0.2, 0.25) is 0 Å². The largest absolute Gasteiger partial charge is 0.496 e. The fourth-order valence-corrected chi connectivity index (χ4v) is 4.40. The van der Waals surface area contributed by atoms with E-state index in [1.807, 2.05) is 36.4 Å². The van der Waals surface area contributed by atoms with Crippen molar-refractivity contribution in [2.45, 2.75) is 6.42 Å². The van der Waals surface area contributed by atoms with Gasteiger partial charge in [0, 0.05) is 18.7 Å². The number of ether oxygens (including phenoxy) is 2. The number of nitrogen functional groups attached to an aromatic ring is 1. The van der Waals surface area contributed by atoms with Gasteiger partial charge < -0.3 is 20.5 Å². The molecule has 0 saturated carbocycles. The topological polar surface area (TPSA) is 147 Å². The van der Waals surface area contributed by atoms with Crippen LogP contribution in [0.15, 0.2) is 66.7 Å². The number of para-hydroxylation sites is 3. The van der Waals surface area contributed by atoms with Crippen LogP contribution in [0.25, 0.3) is 27.9 Å². The van der Waals surface area contributed by atoms with E-state index >= 15 is 0 Å². The van der Waals surface area contributed by atoms with Crippen LogP contribution >= 0.6 is 0 Å². The number of nitro benzene ring substituents is 1. The van der Waals surface area contributed by atoms with Gasteiger partial charge in [-0.3, -0.25) is 19.5 Å². The van der Waals surface area contributed by atoms with Crippen molar-refractivity contribution in [3.8, 4) is 17.2 Å². The van der Waals surface area contributed by atoms with Gasteiger partial charge in [-0.2, -0.15) is 0 Å². The van der Waals surface area contributed by atoms with Gasteiger partial charge in [0.25, 0.3) is 11.6 Å². The molecule has 1 amide bonds. The lowest BCUT2D eigenvalue weighted by Crippen LogP contribution is -2.26. The molecule has 5 aromatic rings. The van der Waals surface area contributed by atoms with E-state index in [2.05, 4.69) is 5.32 Å². The molecule has 0 spiro atoms. The first-order chi connectivity index (χ1) is 18.4. The number of fused-ring (bicyclic) bond motifs is 2. The molecule has 0 unspecified atom stereocenters. The number of carbonyl (C=O) groups excluding carboxylic acids is 1. The Labute approximate surface area is 217 Å². The molecule has 0 aliphatic rings. The molecule has 3 aromatic carbocycles. The van der Waals surface area contributed by atoms with Crippen LogP contribution in [-0.2, 0) is 6.42 Å². The number of amides is 1. The van der Waals surface area contributed by atoms with Crippen LogP contribution in [0, 0.1) is 10.1 Å². The summed E-state index contributed by atoms with van der Waals surface area (Å²) in [7, 11) is 3.04. The molecule has 0 saturated heterocycles. The van der Waals surface area contributed by atoms with Crippen molar-refractivity contribution in [2.24, 2.45) is 0 Å². The van der Waals surface area contributed by atoms with Crippen LogP contribution in [-0.4, -0.2) is 46.1 Å². The number of hydrogen-bond donors (Lipinski definition) is 2. The standard InChI is InChI=1S/C27H24N6O5/c1-37-21-10-6-3-7-16(21)13-14-29-27(34)23-24-26(31-19-9-5-4-8-18(19)30-24)32(25(23)28)20-15-17(33(35)36)11-12-22(20)38-2/h3-12,15H,13-14,28H2,1-2H3,(H,29,34). The molecule has 3 N–H and O–H groups in total. The number of anilines is 1. The Morgan fingerprint density at radius 2 is 1.68 bits per heavy atom. The highest BCUT2D eigenvalue weighted by atomic mass is 16.6. The average molecular weight is 513 g/mol. The average Bonchev–Trinajstić information content (AvgIpc) is 3.21. The Morgan fingerprint density at radius 1 is 1.00 bits per heavy atom. The summed E-state index contributed by atoms with van der Waals surface area (Å²) in [6.07, 6.45) is 0.529. The maximum Gasteiger partial charge on any atom is 0.271 e. The molecule has 2 heterocycles. The first kappa shape index (κ1) is 24.5. The maximum atomic E-state index is 13.5. The Balaban J connectivity index is 1.63. The molecular formula is C27H24N6O5. The number of aromatic nitrogens is 3. The maximum absolute atomic E-state index is 13.5. The fraction of sp³-hybridized carbons (Fsp3) is 0.148. The number of hydrogen-bond acceptors (Lipinski definition) is 8. The summed E-state index contributed by atoms with van der Waals surface area (Å²) < 4.78 is 12.3. The molecule has 0 bridgehead atoms. The summed E-state index contributed by atoms with van der Waals surface area (Å²) in [5.41, 5.74) is 9.42. The lowest BCUT2D eigenvalue weighted by Gasteiger charge is -2.12. The van der Waals surface area contributed by atoms with Crippen molar-refractivity contribution < 1.29 is 19.2 Å². The van der Waals surface area contributed by atoms with Gasteiger partial charge in [-0.1, -0.05) is 30.3 Å². The predicted molar refractivity (Wildman–Crippen MR) is 143 cm³/mol. The Kier molecular flexibility index (Phi) is 6.48. The van der Waals surface area contributed by atoms with Crippen LogP contribution in [0.5, 0.6) is 11.5 Å². The number of rotatable bonds is 8. The summed E-state index contributed by atoms with van der Waals surface area (Å²) in [5.74, 6) is 0.629. The zero-order valence-electron chi connectivity index (χ0n) is 20.7. The monoisotopic (exact) mass is 512 g/mol. The van der Waals surface area contributed by atoms with Crippen molar-refractivity contribution >= 4 is 39.6 Å². The van der Waals surface area contributed by atoms with Crippen LogP contribution < -0.4 is 20.5 Å². The van der Waals surface area contributed by atoms with Gasteiger partial charge in [0.05, 0.1) is 35.9 Å². The lowest BCUT2D eigenvalue weighted by atomic mass is 10.1. The summed E-state index contributed by atoms with van der Waals surface area (Å²) in [4.78, 5) is 33.9. The number of nitro groups is 1. The smallest absolute Gasteiger partial charge is 0.271 e. The highest BCUT2D eigenvalue weighted by Gasteiger charge is 2.27. The predicted octanol–water partition coefficient (Wildman–Crippen LogP) is 4.05. The van der Waals surface area contributed by atoms with Crippen molar-refractivity contribution in [1.82, 2.24) is 19.9 Å². The van der Waals surface area contributed by atoms with Crippen LogP contribution in [0.4, 0.5) is 11.5 Å². The molecule has 0 aliphatic heterocycles. The Morgan fingerprint density at radius 3 is 2.39 bits per heavy atom. The van der Waals surface area contributed by atoms with Crippen molar-refractivity contribution in [2.75, 3.05) is 26.5 Å². The van der Waals surface area contributed by atoms with Gasteiger partial charge in [0.1, 0.15) is 28.4 Å². The van der Waals surface area contributed by atoms with Gasteiger partial charge >= 0.3 is 0 Å². The zero-order chi connectivity index (χ0) is 26.8. The summed E-state index contributed by atoms with van der Waals surface area (Å²) >= 11 is 0. The Hall–Kier alpha value is -5.19. The second kappa shape index (κ2) is 10.1. The van der Waals surface area contributed by atoms with E-state index in [0.717, 1.165) is 11.3 Å². The molecule has 192 valence electrons. The van der Waals surface area contributed by atoms with E-state index in [4.69, 9.17) is 25.2 Å². The minimum atomic E-state index is -0.516. The second-order valence-corrected chi connectivity index (χ2v) is 8.41. The first-order valence-electron chi connectivity index (χ1n) is 11.7. The van der Waals surface area contributed by atoms with E-state index in [0.29, 0.717) is 29.7 Å². The first-order valence-corrected chi connectivity index (χ1v) is 11.7. The number of carbonyl (C=O) groups is 1. The highest BCUT2D eigenvalue weighted by molar-refractivity contribution is 6.11. The van der Waals surface area contributed by atoms with Crippen LogP contribution in [0.1, 0.15) is 15.9 Å². The van der Waals surface area contributed by atoms with E-state index in [-0.39, 0.29) is 33.9 Å².